The van der Waals surface area contributed by atoms with Gasteiger partial charge in [-0.05, 0) is 61.2 Å². The number of H-pyrrole nitrogens is 1. The summed E-state index contributed by atoms with van der Waals surface area (Å²) < 4.78 is 7.23. The lowest BCUT2D eigenvalue weighted by Crippen LogP contribution is -2.07. The molecule has 1 N–H and O–H groups in total. The maximum Gasteiger partial charge on any atom is 0.221 e. The van der Waals surface area contributed by atoms with E-state index in [-0.39, 0.29) is 6.10 Å². The molecule has 0 radical (unpaired) electrons. The van der Waals surface area contributed by atoms with Crippen LogP contribution in [0.2, 0.25) is 0 Å². The number of thiophene rings is 1. The fourth-order valence-corrected chi connectivity index (χ4v) is 4.53. The van der Waals surface area contributed by atoms with Crippen molar-refractivity contribution in [2.75, 3.05) is 0 Å². The molecule has 0 amide bonds. The van der Waals surface area contributed by atoms with E-state index in [1.165, 1.54) is 15.0 Å². The van der Waals surface area contributed by atoms with Crippen molar-refractivity contribution in [1.82, 2.24) is 15.2 Å². The number of rotatable bonds is 4. The second kappa shape index (κ2) is 6.77. The zero-order valence-corrected chi connectivity index (χ0v) is 16.5. The average molecular weight is 385 g/mol. The van der Waals surface area contributed by atoms with Gasteiger partial charge in [0.05, 0.1) is 17.8 Å². The van der Waals surface area contributed by atoms with E-state index in [2.05, 4.69) is 63.7 Å². The lowest BCUT2D eigenvalue weighted by molar-refractivity contribution is 0.234. The Kier molecular flexibility index (Phi) is 4.10. The molecular weight excluding hydrogens is 366 g/mol. The molecule has 2 aromatic carbocycles. The summed E-state index contributed by atoms with van der Waals surface area (Å²) in [5, 5.41) is 9.77. The van der Waals surface area contributed by atoms with Gasteiger partial charge in [-0.15, -0.1) is 11.3 Å². The van der Waals surface area contributed by atoms with Gasteiger partial charge in [-0.25, -0.2) is 4.98 Å². The maximum atomic E-state index is 5.95. The first-order valence-corrected chi connectivity index (χ1v) is 10.1. The third kappa shape index (κ3) is 2.94. The predicted octanol–water partition coefficient (Wildman–Crippen LogP) is 6.29. The van der Waals surface area contributed by atoms with Crippen LogP contribution >= 0.6 is 11.3 Å². The highest BCUT2D eigenvalue weighted by Crippen LogP contribution is 2.40. The number of benzene rings is 2. The van der Waals surface area contributed by atoms with Crippen LogP contribution in [0.5, 0.6) is 5.88 Å². The number of hydrogen-bond donors (Lipinski definition) is 1. The van der Waals surface area contributed by atoms with Crippen LogP contribution in [0.4, 0.5) is 0 Å². The first kappa shape index (κ1) is 17.0. The summed E-state index contributed by atoms with van der Waals surface area (Å²) in [4.78, 5) is 5.67. The minimum absolute atomic E-state index is 0.0633. The Hall–Kier alpha value is -3.18. The molecule has 0 aliphatic heterocycles. The van der Waals surface area contributed by atoms with Crippen LogP contribution in [0.1, 0.15) is 13.8 Å². The summed E-state index contributed by atoms with van der Waals surface area (Å²) in [6.45, 7) is 4.03. The van der Waals surface area contributed by atoms with Crippen molar-refractivity contribution in [3.63, 3.8) is 0 Å². The Morgan fingerprint density at radius 1 is 0.964 bits per heavy atom. The summed E-state index contributed by atoms with van der Waals surface area (Å²) in [5.74, 6) is 0.655. The molecule has 0 saturated carbocycles. The van der Waals surface area contributed by atoms with Gasteiger partial charge in [0.1, 0.15) is 0 Å². The van der Waals surface area contributed by atoms with Gasteiger partial charge in [-0.2, -0.15) is 5.10 Å². The third-order valence-electron chi connectivity index (χ3n) is 4.67. The van der Waals surface area contributed by atoms with E-state index in [0.717, 1.165) is 27.6 Å². The molecular formula is C23H19N3OS. The normalized spacial score (nSPS) is 11.5. The second-order valence-electron chi connectivity index (χ2n) is 7.03. The van der Waals surface area contributed by atoms with Crippen molar-refractivity contribution in [1.29, 1.82) is 0 Å². The molecule has 0 spiro atoms. The standard InChI is InChI=1S/C23H19N3OS/c1-14(2)27-23-18(7-5-9-24-23)16-10-17-13-25-26-22(17)19(11-16)21-12-15-6-3-4-8-20(15)28-21/h3-14H,1-2H3,(H,25,26). The molecule has 28 heavy (non-hydrogen) atoms. The number of pyridine rings is 1. The first-order valence-electron chi connectivity index (χ1n) is 9.27. The zero-order valence-electron chi connectivity index (χ0n) is 15.6. The molecule has 0 unspecified atom stereocenters. The maximum absolute atomic E-state index is 5.95. The molecule has 0 bridgehead atoms. The Morgan fingerprint density at radius 3 is 2.71 bits per heavy atom. The molecule has 0 saturated heterocycles. The van der Waals surface area contributed by atoms with Crippen molar-refractivity contribution >= 4 is 32.3 Å². The third-order valence-corrected chi connectivity index (χ3v) is 5.82. The molecule has 3 heterocycles. The van der Waals surface area contributed by atoms with Crippen molar-refractivity contribution in [3.05, 3.63) is 67.0 Å². The minimum atomic E-state index is 0.0633. The first-order chi connectivity index (χ1) is 13.7. The van der Waals surface area contributed by atoms with Gasteiger partial charge in [-0.3, -0.25) is 5.10 Å². The zero-order chi connectivity index (χ0) is 19.1. The molecule has 4 nitrogen and oxygen atoms in total. The summed E-state index contributed by atoms with van der Waals surface area (Å²) in [7, 11) is 0. The van der Waals surface area contributed by atoms with E-state index < -0.39 is 0 Å². The summed E-state index contributed by atoms with van der Waals surface area (Å²) >= 11 is 1.79. The number of aromatic amines is 1. The second-order valence-corrected chi connectivity index (χ2v) is 8.11. The van der Waals surface area contributed by atoms with Crippen LogP contribution in [0.15, 0.2) is 67.0 Å². The molecule has 5 aromatic rings. The smallest absolute Gasteiger partial charge is 0.221 e. The Balaban J connectivity index is 1.73. The Labute approximate surface area is 166 Å². The number of hydrogen-bond acceptors (Lipinski definition) is 4. The van der Waals surface area contributed by atoms with E-state index in [1.807, 2.05) is 26.1 Å². The Morgan fingerprint density at radius 2 is 1.86 bits per heavy atom. The lowest BCUT2D eigenvalue weighted by Gasteiger charge is -2.14. The van der Waals surface area contributed by atoms with E-state index in [1.54, 1.807) is 17.5 Å². The molecule has 0 fully saturated rings. The van der Waals surface area contributed by atoms with E-state index >= 15 is 0 Å². The fourth-order valence-electron chi connectivity index (χ4n) is 3.45. The molecule has 5 heteroatoms. The number of aromatic nitrogens is 3. The Bertz CT molecular complexity index is 1250. The quantitative estimate of drug-likeness (QED) is 0.395. The average Bonchev–Trinajstić information content (AvgIpc) is 3.33. The van der Waals surface area contributed by atoms with Crippen LogP contribution in [0.3, 0.4) is 0 Å². The highest BCUT2D eigenvalue weighted by atomic mass is 32.1. The highest BCUT2D eigenvalue weighted by Gasteiger charge is 2.15. The van der Waals surface area contributed by atoms with E-state index in [4.69, 9.17) is 4.74 Å². The lowest BCUT2D eigenvalue weighted by atomic mass is 10.00. The number of ether oxygens (including phenoxy) is 1. The van der Waals surface area contributed by atoms with Crippen molar-refractivity contribution < 1.29 is 4.74 Å². The molecule has 0 atom stereocenters. The molecule has 5 rings (SSSR count). The monoisotopic (exact) mass is 385 g/mol. The molecule has 3 aromatic heterocycles. The van der Waals surface area contributed by atoms with Gasteiger partial charge in [0.15, 0.2) is 0 Å². The van der Waals surface area contributed by atoms with Gasteiger partial charge in [0.2, 0.25) is 5.88 Å². The van der Waals surface area contributed by atoms with E-state index in [9.17, 15) is 0 Å². The van der Waals surface area contributed by atoms with Crippen LogP contribution in [0, 0.1) is 0 Å². The van der Waals surface area contributed by atoms with Gasteiger partial charge in [-0.1, -0.05) is 18.2 Å². The minimum Gasteiger partial charge on any atom is -0.475 e. The summed E-state index contributed by atoms with van der Waals surface area (Å²) in [6, 6.07) is 19.1. The largest absolute Gasteiger partial charge is 0.475 e. The van der Waals surface area contributed by atoms with Crippen LogP contribution in [0.25, 0.3) is 42.6 Å². The van der Waals surface area contributed by atoms with Crippen molar-refractivity contribution in [2.24, 2.45) is 0 Å². The van der Waals surface area contributed by atoms with E-state index in [0.29, 0.717) is 5.88 Å². The van der Waals surface area contributed by atoms with Crippen LogP contribution in [-0.2, 0) is 0 Å². The van der Waals surface area contributed by atoms with Crippen LogP contribution < -0.4 is 4.74 Å². The molecule has 0 aliphatic rings. The topological polar surface area (TPSA) is 50.8 Å². The van der Waals surface area contributed by atoms with Crippen LogP contribution in [-0.4, -0.2) is 21.3 Å². The number of fused-ring (bicyclic) bond motifs is 2. The summed E-state index contributed by atoms with van der Waals surface area (Å²) in [6.07, 6.45) is 3.70. The number of nitrogens with one attached hydrogen (secondary N) is 1. The van der Waals surface area contributed by atoms with Gasteiger partial charge < -0.3 is 4.74 Å². The van der Waals surface area contributed by atoms with Gasteiger partial charge >= 0.3 is 0 Å². The summed E-state index contributed by atoms with van der Waals surface area (Å²) in [5.41, 5.74) is 4.25. The SMILES string of the molecule is CC(C)Oc1ncccc1-c1cc(-c2cc3ccccc3s2)c2[nH]ncc2c1. The van der Waals surface area contributed by atoms with Crippen molar-refractivity contribution in [3.8, 4) is 27.4 Å². The molecule has 138 valence electrons. The van der Waals surface area contributed by atoms with Gasteiger partial charge in [0, 0.05) is 32.3 Å². The molecule has 0 aliphatic carbocycles. The van der Waals surface area contributed by atoms with Crippen molar-refractivity contribution in [2.45, 2.75) is 20.0 Å². The van der Waals surface area contributed by atoms with Gasteiger partial charge in [0.25, 0.3) is 0 Å². The number of nitrogens with zero attached hydrogens (tertiary/aromatic N) is 2. The predicted molar refractivity (Wildman–Crippen MR) is 116 cm³/mol. The highest BCUT2D eigenvalue weighted by molar-refractivity contribution is 7.22. The fraction of sp³-hybridized carbons (Fsp3) is 0.130.